The molecule has 0 radical (unpaired) electrons. The number of piperidine rings is 1. The topological polar surface area (TPSA) is 86.1 Å². The maximum atomic E-state index is 12.6. The van der Waals surface area contributed by atoms with Crippen LogP contribution in [0.15, 0.2) is 41.3 Å². The Morgan fingerprint density at radius 2 is 2.00 bits per heavy atom. The summed E-state index contributed by atoms with van der Waals surface area (Å²) in [5, 5.41) is 9.03. The van der Waals surface area contributed by atoms with Gasteiger partial charge in [-0.1, -0.05) is 17.7 Å². The molecule has 2 aromatic rings. The second-order valence-electron chi connectivity index (χ2n) is 6.27. The summed E-state index contributed by atoms with van der Waals surface area (Å²) in [7, 11) is -3.67. The molecule has 0 amide bonds. The van der Waals surface area contributed by atoms with Crippen LogP contribution in [0, 0.1) is 18.3 Å². The highest BCUT2D eigenvalue weighted by atomic mass is 35.5. The van der Waals surface area contributed by atoms with Crippen LogP contribution in [0.1, 0.15) is 24.1 Å². The van der Waals surface area contributed by atoms with Crippen molar-refractivity contribution in [1.82, 2.24) is 9.71 Å². The monoisotopic (exact) mass is 390 g/mol. The van der Waals surface area contributed by atoms with E-state index in [9.17, 15) is 8.42 Å². The average molecular weight is 391 g/mol. The van der Waals surface area contributed by atoms with Crippen molar-refractivity contribution in [3.63, 3.8) is 0 Å². The van der Waals surface area contributed by atoms with Crippen molar-refractivity contribution in [3.05, 3.63) is 52.7 Å². The molecule has 1 aliphatic rings. The second-order valence-corrected chi connectivity index (χ2v) is 8.39. The largest absolute Gasteiger partial charge is 0.356 e. The van der Waals surface area contributed by atoms with Crippen molar-refractivity contribution >= 4 is 27.4 Å². The number of nitrogens with one attached hydrogen (secondary N) is 1. The van der Waals surface area contributed by atoms with Gasteiger partial charge in [-0.2, -0.15) is 5.26 Å². The molecule has 1 aromatic carbocycles. The molecule has 0 bridgehead atoms. The summed E-state index contributed by atoms with van der Waals surface area (Å²) < 4.78 is 27.9. The van der Waals surface area contributed by atoms with Gasteiger partial charge in [0.15, 0.2) is 0 Å². The van der Waals surface area contributed by atoms with Gasteiger partial charge in [0.25, 0.3) is 0 Å². The van der Waals surface area contributed by atoms with Gasteiger partial charge in [-0.05, 0) is 50.1 Å². The smallest absolute Gasteiger partial charge is 0.240 e. The molecule has 3 rings (SSSR count). The third kappa shape index (κ3) is 4.15. The second kappa shape index (κ2) is 7.62. The minimum atomic E-state index is -3.67. The Bertz CT molecular complexity index is 948. The van der Waals surface area contributed by atoms with Crippen molar-refractivity contribution in [3.8, 4) is 6.07 Å². The zero-order valence-electron chi connectivity index (χ0n) is 14.3. The fraction of sp³-hybridized carbons (Fsp3) is 0.333. The molecule has 26 heavy (non-hydrogen) atoms. The summed E-state index contributed by atoms with van der Waals surface area (Å²) in [5.41, 5.74) is 1.22. The Labute approximate surface area is 158 Å². The van der Waals surface area contributed by atoms with Crippen LogP contribution in [-0.4, -0.2) is 32.5 Å². The number of nitriles is 1. The normalized spacial score (nSPS) is 15.7. The van der Waals surface area contributed by atoms with E-state index in [-0.39, 0.29) is 21.5 Å². The van der Waals surface area contributed by atoms with E-state index in [2.05, 4.69) is 14.6 Å². The molecule has 1 saturated heterocycles. The molecule has 1 N–H and O–H groups in total. The van der Waals surface area contributed by atoms with Crippen LogP contribution in [0.3, 0.4) is 0 Å². The van der Waals surface area contributed by atoms with Crippen molar-refractivity contribution < 1.29 is 8.42 Å². The van der Waals surface area contributed by atoms with E-state index in [1.54, 1.807) is 0 Å². The number of halogens is 1. The quantitative estimate of drug-likeness (QED) is 0.867. The third-order valence-electron chi connectivity index (χ3n) is 4.39. The number of sulfonamides is 1. The fourth-order valence-corrected chi connectivity index (χ4v) is 4.59. The summed E-state index contributed by atoms with van der Waals surface area (Å²) >= 11 is 5.95. The van der Waals surface area contributed by atoms with Gasteiger partial charge in [0.1, 0.15) is 11.9 Å². The first-order valence-corrected chi connectivity index (χ1v) is 10.2. The van der Waals surface area contributed by atoms with Crippen molar-refractivity contribution in [1.29, 1.82) is 5.26 Å². The molecular formula is C18H19ClN4O2S. The molecule has 136 valence electrons. The SMILES string of the molecule is Cc1cccc(N2CCC(NS(=O)(=O)c3ccc(C#N)c(Cl)c3)CC2)n1. The number of hydrogen-bond donors (Lipinski definition) is 1. The van der Waals surface area contributed by atoms with Gasteiger partial charge in [0, 0.05) is 24.8 Å². The van der Waals surface area contributed by atoms with Gasteiger partial charge in [0.2, 0.25) is 10.0 Å². The van der Waals surface area contributed by atoms with Crippen LogP contribution in [0.2, 0.25) is 5.02 Å². The van der Waals surface area contributed by atoms with Crippen LogP contribution in [0.4, 0.5) is 5.82 Å². The van der Waals surface area contributed by atoms with Crippen LogP contribution in [0.5, 0.6) is 0 Å². The molecule has 1 fully saturated rings. The number of anilines is 1. The zero-order valence-corrected chi connectivity index (χ0v) is 15.9. The highest BCUT2D eigenvalue weighted by Gasteiger charge is 2.25. The third-order valence-corrected chi connectivity index (χ3v) is 6.22. The molecule has 0 unspecified atom stereocenters. The minimum Gasteiger partial charge on any atom is -0.356 e. The van der Waals surface area contributed by atoms with E-state index < -0.39 is 10.0 Å². The lowest BCUT2D eigenvalue weighted by atomic mass is 10.1. The maximum Gasteiger partial charge on any atom is 0.240 e. The first kappa shape index (κ1) is 18.6. The Balaban J connectivity index is 1.65. The van der Waals surface area contributed by atoms with Crippen LogP contribution >= 0.6 is 11.6 Å². The van der Waals surface area contributed by atoms with Crippen molar-refractivity contribution in [2.45, 2.75) is 30.7 Å². The number of pyridine rings is 1. The van der Waals surface area contributed by atoms with Crippen LogP contribution in [0.25, 0.3) is 0 Å². The first-order chi connectivity index (χ1) is 12.4. The predicted octanol–water partition coefficient (Wildman–Crippen LogP) is 2.86. The fourth-order valence-electron chi connectivity index (χ4n) is 2.97. The molecular weight excluding hydrogens is 372 g/mol. The summed E-state index contributed by atoms with van der Waals surface area (Å²) in [5.74, 6) is 0.921. The Hall–Kier alpha value is -2.14. The molecule has 0 atom stereocenters. The molecule has 1 aliphatic heterocycles. The van der Waals surface area contributed by atoms with Crippen molar-refractivity contribution in [2.75, 3.05) is 18.0 Å². The molecule has 2 heterocycles. The van der Waals surface area contributed by atoms with Crippen LogP contribution < -0.4 is 9.62 Å². The number of hydrogen-bond acceptors (Lipinski definition) is 5. The molecule has 0 saturated carbocycles. The van der Waals surface area contributed by atoms with E-state index in [4.69, 9.17) is 16.9 Å². The van der Waals surface area contributed by atoms with Gasteiger partial charge in [-0.3, -0.25) is 0 Å². The molecule has 0 aliphatic carbocycles. The number of aromatic nitrogens is 1. The van der Waals surface area contributed by atoms with Crippen molar-refractivity contribution in [2.24, 2.45) is 0 Å². The first-order valence-electron chi connectivity index (χ1n) is 8.29. The number of benzene rings is 1. The molecule has 0 spiro atoms. The lowest BCUT2D eigenvalue weighted by Crippen LogP contribution is -2.44. The summed E-state index contributed by atoms with van der Waals surface area (Å²) in [6, 6.07) is 11.8. The van der Waals surface area contributed by atoms with Gasteiger partial charge < -0.3 is 4.90 Å². The number of nitrogens with zero attached hydrogens (tertiary/aromatic N) is 3. The molecule has 6 nitrogen and oxygen atoms in total. The standard InChI is InChI=1S/C18H19ClN4O2S/c1-13-3-2-4-18(21-13)23-9-7-15(8-10-23)22-26(24,25)16-6-5-14(12-20)17(19)11-16/h2-6,11,15,22H,7-10H2,1H3. The zero-order chi connectivity index (χ0) is 18.7. The summed E-state index contributed by atoms with van der Waals surface area (Å²) in [6.45, 7) is 3.42. The lowest BCUT2D eigenvalue weighted by Gasteiger charge is -2.33. The predicted molar refractivity (Wildman–Crippen MR) is 101 cm³/mol. The van der Waals surface area contributed by atoms with Gasteiger partial charge in [0.05, 0.1) is 15.5 Å². The highest BCUT2D eigenvalue weighted by Crippen LogP contribution is 2.22. The Kier molecular flexibility index (Phi) is 5.47. The van der Waals surface area contributed by atoms with E-state index in [1.807, 2.05) is 31.2 Å². The summed E-state index contributed by atoms with van der Waals surface area (Å²) in [4.78, 5) is 6.75. The van der Waals surface area contributed by atoms with Crippen LogP contribution in [-0.2, 0) is 10.0 Å². The van der Waals surface area contributed by atoms with Gasteiger partial charge >= 0.3 is 0 Å². The summed E-state index contributed by atoms with van der Waals surface area (Å²) in [6.07, 6.45) is 1.39. The number of aryl methyl sites for hydroxylation is 1. The Morgan fingerprint density at radius 1 is 1.27 bits per heavy atom. The Morgan fingerprint density at radius 3 is 2.62 bits per heavy atom. The van der Waals surface area contributed by atoms with Gasteiger partial charge in [-0.15, -0.1) is 0 Å². The minimum absolute atomic E-state index is 0.0734. The highest BCUT2D eigenvalue weighted by molar-refractivity contribution is 7.89. The molecule has 8 heteroatoms. The lowest BCUT2D eigenvalue weighted by molar-refractivity contribution is 0.458. The van der Waals surface area contributed by atoms with E-state index in [0.717, 1.165) is 24.6 Å². The average Bonchev–Trinajstić information content (AvgIpc) is 2.62. The van der Waals surface area contributed by atoms with E-state index >= 15 is 0 Å². The molecule has 1 aromatic heterocycles. The van der Waals surface area contributed by atoms with E-state index in [1.165, 1.54) is 18.2 Å². The maximum absolute atomic E-state index is 12.6. The van der Waals surface area contributed by atoms with E-state index in [0.29, 0.717) is 12.8 Å². The van der Waals surface area contributed by atoms with Gasteiger partial charge in [-0.25, -0.2) is 18.1 Å². The number of rotatable bonds is 4.